The number of hydrogen-bond acceptors (Lipinski definition) is 4. The molecule has 0 aliphatic carbocycles. The van der Waals surface area contributed by atoms with Crippen molar-refractivity contribution in [3.63, 3.8) is 0 Å². The topological polar surface area (TPSA) is 96.3 Å². The summed E-state index contributed by atoms with van der Waals surface area (Å²) in [5.74, 6) is 1.09. The molecule has 0 aromatic carbocycles. The summed E-state index contributed by atoms with van der Waals surface area (Å²) in [4.78, 5) is 21.5. The third kappa shape index (κ3) is 5.41. The quantitative estimate of drug-likeness (QED) is 0.534. The van der Waals surface area contributed by atoms with Gasteiger partial charge in [0.1, 0.15) is 5.76 Å². The molecule has 7 nitrogen and oxygen atoms in total. The maximum absolute atomic E-state index is 11.5. The van der Waals surface area contributed by atoms with Gasteiger partial charge in [0.2, 0.25) is 6.41 Å². The highest BCUT2D eigenvalue weighted by Crippen LogP contribution is 2.24. The van der Waals surface area contributed by atoms with Gasteiger partial charge in [0.15, 0.2) is 5.82 Å². The molecule has 3 amide bonds. The lowest BCUT2D eigenvalue weighted by molar-refractivity contribution is -0.109. The van der Waals surface area contributed by atoms with Crippen molar-refractivity contribution >= 4 is 18.3 Å². The molecule has 1 heterocycles. The predicted octanol–water partition coefficient (Wildman–Crippen LogP) is 1.23. The van der Waals surface area contributed by atoms with Gasteiger partial charge in [0, 0.05) is 24.6 Å². The molecule has 7 heteroatoms. The average Bonchev–Trinajstić information content (AvgIpc) is 2.77. The molecule has 1 rings (SSSR count). The number of urea groups is 1. The zero-order valence-electron chi connectivity index (χ0n) is 11.4. The molecule has 0 bridgehead atoms. The van der Waals surface area contributed by atoms with Gasteiger partial charge >= 0.3 is 6.03 Å². The SMILES string of the molecule is CC(C)(C)c1cc(NC(=O)NCCCNC=O)no1. The second kappa shape index (κ2) is 6.77. The predicted molar refractivity (Wildman–Crippen MR) is 70.9 cm³/mol. The third-order valence-corrected chi connectivity index (χ3v) is 2.36. The summed E-state index contributed by atoms with van der Waals surface area (Å²) in [5.41, 5.74) is -0.149. The van der Waals surface area contributed by atoms with Gasteiger partial charge in [-0.15, -0.1) is 0 Å². The fourth-order valence-corrected chi connectivity index (χ4v) is 1.30. The number of nitrogens with zero attached hydrogens (tertiary/aromatic N) is 1. The molecule has 0 atom stereocenters. The Kier molecular flexibility index (Phi) is 5.35. The van der Waals surface area contributed by atoms with Crippen LogP contribution in [0, 0.1) is 0 Å². The minimum atomic E-state index is -0.347. The standard InChI is InChI=1S/C12H20N4O3/c1-12(2,3)9-7-10(16-19-9)15-11(18)14-6-4-5-13-8-17/h7-8H,4-6H2,1-3H3,(H,13,17)(H2,14,15,16,18). The van der Waals surface area contributed by atoms with Gasteiger partial charge in [-0.3, -0.25) is 10.1 Å². The van der Waals surface area contributed by atoms with Crippen LogP contribution in [-0.4, -0.2) is 30.7 Å². The van der Waals surface area contributed by atoms with E-state index in [2.05, 4.69) is 21.1 Å². The van der Waals surface area contributed by atoms with Crippen molar-refractivity contribution in [2.45, 2.75) is 32.6 Å². The zero-order chi connectivity index (χ0) is 14.3. The Morgan fingerprint density at radius 2 is 2.16 bits per heavy atom. The first-order chi connectivity index (χ1) is 8.93. The van der Waals surface area contributed by atoms with Gasteiger partial charge in [-0.2, -0.15) is 0 Å². The monoisotopic (exact) mass is 268 g/mol. The van der Waals surface area contributed by atoms with Gasteiger partial charge in [-0.05, 0) is 6.42 Å². The van der Waals surface area contributed by atoms with Gasteiger partial charge in [0.25, 0.3) is 0 Å². The molecule has 0 aliphatic rings. The van der Waals surface area contributed by atoms with Crippen LogP contribution >= 0.6 is 0 Å². The molecule has 0 unspecified atom stereocenters. The van der Waals surface area contributed by atoms with Crippen molar-refractivity contribution in [2.24, 2.45) is 0 Å². The number of carbonyl (C=O) groups is 2. The summed E-state index contributed by atoms with van der Waals surface area (Å²) in [6, 6.07) is 1.35. The van der Waals surface area contributed by atoms with Crippen LogP contribution in [0.3, 0.4) is 0 Å². The Bertz CT molecular complexity index is 423. The van der Waals surface area contributed by atoms with E-state index in [1.807, 2.05) is 20.8 Å². The Morgan fingerprint density at radius 1 is 1.42 bits per heavy atom. The first kappa shape index (κ1) is 15.0. The summed E-state index contributed by atoms with van der Waals surface area (Å²) in [6.45, 7) is 6.99. The summed E-state index contributed by atoms with van der Waals surface area (Å²) in [5, 5.41) is 11.5. The van der Waals surface area contributed by atoms with E-state index in [0.29, 0.717) is 37.5 Å². The number of carbonyl (C=O) groups excluding carboxylic acids is 2. The number of amides is 3. The summed E-state index contributed by atoms with van der Waals surface area (Å²) >= 11 is 0. The van der Waals surface area contributed by atoms with Crippen molar-refractivity contribution in [2.75, 3.05) is 18.4 Å². The second-order valence-corrected chi connectivity index (χ2v) is 5.13. The van der Waals surface area contributed by atoms with Gasteiger partial charge in [-0.1, -0.05) is 25.9 Å². The van der Waals surface area contributed by atoms with E-state index in [-0.39, 0.29) is 11.4 Å². The van der Waals surface area contributed by atoms with Crippen molar-refractivity contribution in [3.05, 3.63) is 11.8 Å². The fourth-order valence-electron chi connectivity index (χ4n) is 1.30. The molecule has 3 N–H and O–H groups in total. The van der Waals surface area contributed by atoms with Gasteiger partial charge in [-0.25, -0.2) is 4.79 Å². The van der Waals surface area contributed by atoms with E-state index in [9.17, 15) is 9.59 Å². The molecular formula is C12H20N4O3. The third-order valence-electron chi connectivity index (χ3n) is 2.36. The molecule has 0 saturated carbocycles. The number of nitrogens with one attached hydrogen (secondary N) is 3. The molecule has 1 aromatic rings. The highest BCUT2D eigenvalue weighted by Gasteiger charge is 2.20. The summed E-state index contributed by atoms with van der Waals surface area (Å²) in [6.07, 6.45) is 1.29. The summed E-state index contributed by atoms with van der Waals surface area (Å²) in [7, 11) is 0. The van der Waals surface area contributed by atoms with E-state index in [1.54, 1.807) is 6.07 Å². The van der Waals surface area contributed by atoms with Crippen molar-refractivity contribution in [1.82, 2.24) is 15.8 Å². The van der Waals surface area contributed by atoms with Crippen LogP contribution in [0.5, 0.6) is 0 Å². The lowest BCUT2D eigenvalue weighted by atomic mass is 9.93. The number of anilines is 1. The van der Waals surface area contributed by atoms with E-state index >= 15 is 0 Å². The van der Waals surface area contributed by atoms with Crippen LogP contribution in [0.2, 0.25) is 0 Å². The molecule has 0 fully saturated rings. The van der Waals surface area contributed by atoms with E-state index in [0.717, 1.165) is 0 Å². The van der Waals surface area contributed by atoms with Crippen LogP contribution < -0.4 is 16.0 Å². The van der Waals surface area contributed by atoms with Crippen molar-refractivity contribution in [1.29, 1.82) is 0 Å². The van der Waals surface area contributed by atoms with Crippen molar-refractivity contribution in [3.8, 4) is 0 Å². The molecular weight excluding hydrogens is 248 g/mol. The molecule has 106 valence electrons. The smallest absolute Gasteiger partial charge is 0.320 e. The maximum atomic E-state index is 11.5. The van der Waals surface area contributed by atoms with Crippen LogP contribution in [0.4, 0.5) is 10.6 Å². The molecule has 0 spiro atoms. The largest absolute Gasteiger partial charge is 0.359 e. The fraction of sp³-hybridized carbons (Fsp3) is 0.583. The highest BCUT2D eigenvalue weighted by molar-refractivity contribution is 5.88. The first-order valence-corrected chi connectivity index (χ1v) is 6.12. The number of hydrogen-bond donors (Lipinski definition) is 3. The lowest BCUT2D eigenvalue weighted by Crippen LogP contribution is -2.31. The van der Waals surface area contributed by atoms with Crippen LogP contribution in [0.15, 0.2) is 10.6 Å². The number of rotatable bonds is 6. The van der Waals surface area contributed by atoms with Crippen molar-refractivity contribution < 1.29 is 14.1 Å². The Hall–Kier alpha value is -2.05. The van der Waals surface area contributed by atoms with Crippen LogP contribution in [0.1, 0.15) is 33.0 Å². The van der Waals surface area contributed by atoms with E-state index in [4.69, 9.17) is 4.52 Å². The molecule has 1 aromatic heterocycles. The molecule has 0 saturated heterocycles. The molecule has 0 radical (unpaired) electrons. The van der Waals surface area contributed by atoms with E-state index in [1.165, 1.54) is 0 Å². The van der Waals surface area contributed by atoms with E-state index < -0.39 is 0 Å². The minimum Gasteiger partial charge on any atom is -0.359 e. The Balaban J connectivity index is 2.32. The lowest BCUT2D eigenvalue weighted by Gasteiger charge is -2.12. The first-order valence-electron chi connectivity index (χ1n) is 6.12. The van der Waals surface area contributed by atoms with Crippen LogP contribution in [-0.2, 0) is 10.2 Å². The highest BCUT2D eigenvalue weighted by atomic mass is 16.5. The summed E-state index contributed by atoms with van der Waals surface area (Å²) < 4.78 is 5.15. The minimum absolute atomic E-state index is 0.149. The Labute approximate surface area is 112 Å². The second-order valence-electron chi connectivity index (χ2n) is 5.13. The Morgan fingerprint density at radius 3 is 2.74 bits per heavy atom. The maximum Gasteiger partial charge on any atom is 0.320 e. The molecule has 19 heavy (non-hydrogen) atoms. The zero-order valence-corrected chi connectivity index (χ0v) is 11.4. The average molecular weight is 268 g/mol. The van der Waals surface area contributed by atoms with Gasteiger partial charge in [0.05, 0.1) is 0 Å². The van der Waals surface area contributed by atoms with Crippen LogP contribution in [0.25, 0.3) is 0 Å². The number of aromatic nitrogens is 1. The molecule has 0 aliphatic heterocycles. The van der Waals surface area contributed by atoms with Gasteiger partial charge < -0.3 is 15.2 Å². The normalized spacial score (nSPS) is 10.9.